The van der Waals surface area contributed by atoms with Crippen LogP contribution < -0.4 is 15.4 Å². The second-order valence-electron chi connectivity index (χ2n) is 7.36. The molecule has 6 heteroatoms. The third-order valence-electron chi connectivity index (χ3n) is 5.24. The molecule has 2 rings (SSSR count). The van der Waals surface area contributed by atoms with Crippen LogP contribution >= 0.6 is 24.0 Å². The number of guanidine groups is 1. The van der Waals surface area contributed by atoms with Crippen molar-refractivity contribution in [1.82, 2.24) is 15.5 Å². The van der Waals surface area contributed by atoms with Gasteiger partial charge in [-0.2, -0.15) is 0 Å². The number of nitrogens with one attached hydrogen (secondary N) is 2. The molecule has 1 aromatic rings. The molecule has 0 radical (unpaired) electrons. The number of methoxy groups -OCH3 is 1. The number of hydrogen-bond donors (Lipinski definition) is 2. The van der Waals surface area contributed by atoms with Crippen molar-refractivity contribution in [3.63, 3.8) is 0 Å². The second kappa shape index (κ2) is 13.2. The fourth-order valence-electron chi connectivity index (χ4n) is 3.31. The van der Waals surface area contributed by atoms with Crippen LogP contribution in [-0.4, -0.2) is 57.7 Å². The summed E-state index contributed by atoms with van der Waals surface area (Å²) in [6.07, 6.45) is 3.59. The zero-order valence-corrected chi connectivity index (χ0v) is 19.7. The molecule has 0 saturated carbocycles. The Kier molecular flexibility index (Phi) is 11.7. The average molecular weight is 488 g/mol. The van der Waals surface area contributed by atoms with Crippen molar-refractivity contribution in [3.05, 3.63) is 29.8 Å². The van der Waals surface area contributed by atoms with Crippen LogP contribution in [0.3, 0.4) is 0 Å². The molecule has 0 amide bonds. The molecule has 1 atom stereocenters. The van der Waals surface area contributed by atoms with Gasteiger partial charge in [-0.05, 0) is 75.9 Å². The third-order valence-corrected chi connectivity index (χ3v) is 5.24. The summed E-state index contributed by atoms with van der Waals surface area (Å²) in [5, 5.41) is 6.87. The van der Waals surface area contributed by atoms with Crippen LogP contribution in [0.4, 0.5) is 0 Å². The molecule has 5 nitrogen and oxygen atoms in total. The van der Waals surface area contributed by atoms with Crippen LogP contribution in [0.5, 0.6) is 5.75 Å². The summed E-state index contributed by atoms with van der Waals surface area (Å²) in [6, 6.07) is 8.38. The number of benzene rings is 1. The van der Waals surface area contributed by atoms with Crippen LogP contribution in [0.2, 0.25) is 0 Å². The van der Waals surface area contributed by atoms with Gasteiger partial charge in [-0.1, -0.05) is 19.1 Å². The maximum Gasteiger partial charge on any atom is 0.191 e. The molecule has 1 aliphatic rings. The van der Waals surface area contributed by atoms with Crippen LogP contribution in [0, 0.1) is 5.92 Å². The Hall–Kier alpha value is -1.02. The number of nitrogens with zero attached hydrogens (tertiary/aromatic N) is 2. The smallest absolute Gasteiger partial charge is 0.191 e. The molecule has 0 aliphatic carbocycles. The van der Waals surface area contributed by atoms with Crippen molar-refractivity contribution >= 4 is 29.9 Å². The van der Waals surface area contributed by atoms with E-state index in [9.17, 15) is 0 Å². The summed E-state index contributed by atoms with van der Waals surface area (Å²) >= 11 is 0. The molecule has 1 unspecified atom stereocenters. The molecule has 0 bridgehead atoms. The van der Waals surface area contributed by atoms with E-state index in [2.05, 4.69) is 48.6 Å². The van der Waals surface area contributed by atoms with E-state index >= 15 is 0 Å². The largest absolute Gasteiger partial charge is 0.497 e. The van der Waals surface area contributed by atoms with E-state index in [1.54, 1.807) is 7.11 Å². The van der Waals surface area contributed by atoms with E-state index < -0.39 is 0 Å². The van der Waals surface area contributed by atoms with Crippen LogP contribution in [0.25, 0.3) is 0 Å². The number of rotatable bonds is 8. The second-order valence-corrected chi connectivity index (χ2v) is 7.36. The van der Waals surface area contributed by atoms with Crippen molar-refractivity contribution in [2.45, 2.75) is 39.0 Å². The fraction of sp³-hybridized carbons (Fsp3) is 0.667. The highest BCUT2D eigenvalue weighted by Gasteiger charge is 2.16. The molecule has 1 aliphatic heterocycles. The Bertz CT molecular complexity index is 542. The molecule has 154 valence electrons. The molecular formula is C21H37IN4O. The first-order valence-corrected chi connectivity index (χ1v) is 9.97. The Balaban J connectivity index is 0.00000364. The highest BCUT2D eigenvalue weighted by Crippen LogP contribution is 2.21. The topological polar surface area (TPSA) is 48.9 Å². The predicted octanol–water partition coefficient (Wildman–Crippen LogP) is 3.70. The summed E-state index contributed by atoms with van der Waals surface area (Å²) in [5.41, 5.74) is 1.35. The number of piperidine rings is 1. The fourth-order valence-corrected chi connectivity index (χ4v) is 3.31. The van der Waals surface area contributed by atoms with Gasteiger partial charge in [0.2, 0.25) is 0 Å². The lowest BCUT2D eigenvalue weighted by Crippen LogP contribution is -2.39. The summed E-state index contributed by atoms with van der Waals surface area (Å²) < 4.78 is 5.23. The van der Waals surface area contributed by atoms with Crippen molar-refractivity contribution in [2.24, 2.45) is 10.9 Å². The standard InChI is InChI=1S/C21H36N4O.HI/c1-5-22-21(24-16-18-11-14-25(3)15-12-18)23-13-10-17(2)19-6-8-20(26-4)9-7-19;/h6-9,17-18H,5,10-16H2,1-4H3,(H2,22,23,24);1H. The van der Waals surface area contributed by atoms with Crippen molar-refractivity contribution in [2.75, 3.05) is 46.9 Å². The van der Waals surface area contributed by atoms with Crippen molar-refractivity contribution in [3.8, 4) is 5.75 Å². The van der Waals surface area contributed by atoms with Gasteiger partial charge in [0.05, 0.1) is 7.11 Å². The van der Waals surface area contributed by atoms with Gasteiger partial charge < -0.3 is 20.3 Å². The lowest BCUT2D eigenvalue weighted by Gasteiger charge is -2.28. The molecule has 0 aromatic heterocycles. The van der Waals surface area contributed by atoms with E-state index in [4.69, 9.17) is 9.73 Å². The van der Waals surface area contributed by atoms with Gasteiger partial charge >= 0.3 is 0 Å². The zero-order chi connectivity index (χ0) is 18.8. The summed E-state index contributed by atoms with van der Waals surface area (Å²) in [6.45, 7) is 9.53. The minimum Gasteiger partial charge on any atom is -0.497 e. The summed E-state index contributed by atoms with van der Waals surface area (Å²) in [5.74, 6) is 3.09. The molecule has 1 saturated heterocycles. The first-order chi connectivity index (χ1) is 12.6. The molecule has 27 heavy (non-hydrogen) atoms. The minimum absolute atomic E-state index is 0. The monoisotopic (exact) mass is 488 g/mol. The van der Waals surface area contributed by atoms with Gasteiger partial charge in [0.15, 0.2) is 5.96 Å². The van der Waals surface area contributed by atoms with Crippen molar-refractivity contribution < 1.29 is 4.74 Å². The number of likely N-dealkylation sites (tertiary alicyclic amines) is 1. The first-order valence-electron chi connectivity index (χ1n) is 9.97. The normalized spacial score (nSPS) is 17.1. The Morgan fingerprint density at radius 2 is 1.89 bits per heavy atom. The van der Waals surface area contributed by atoms with Gasteiger partial charge in [-0.15, -0.1) is 24.0 Å². The minimum atomic E-state index is 0. The average Bonchev–Trinajstić information content (AvgIpc) is 2.67. The molecular weight excluding hydrogens is 451 g/mol. The van der Waals surface area contributed by atoms with E-state index in [1.165, 1.54) is 31.5 Å². The van der Waals surface area contributed by atoms with Crippen LogP contribution in [0.15, 0.2) is 29.3 Å². The number of aliphatic imine (C=N–C) groups is 1. The van der Waals surface area contributed by atoms with Gasteiger partial charge in [0.1, 0.15) is 5.75 Å². The quantitative estimate of drug-likeness (QED) is 0.333. The summed E-state index contributed by atoms with van der Waals surface area (Å²) in [7, 11) is 3.91. The molecule has 1 fully saturated rings. The third kappa shape index (κ3) is 8.68. The highest BCUT2D eigenvalue weighted by atomic mass is 127. The Morgan fingerprint density at radius 3 is 2.48 bits per heavy atom. The van der Waals surface area contributed by atoms with Crippen molar-refractivity contribution in [1.29, 1.82) is 0 Å². The van der Waals surface area contributed by atoms with Gasteiger partial charge in [0, 0.05) is 19.6 Å². The van der Waals surface area contributed by atoms with Gasteiger partial charge in [-0.3, -0.25) is 4.99 Å². The van der Waals surface area contributed by atoms with Gasteiger partial charge in [-0.25, -0.2) is 0 Å². The maximum atomic E-state index is 5.23. The number of hydrogen-bond acceptors (Lipinski definition) is 3. The number of ether oxygens (including phenoxy) is 1. The maximum absolute atomic E-state index is 5.23. The molecule has 1 heterocycles. The van der Waals surface area contributed by atoms with E-state index in [0.717, 1.165) is 43.7 Å². The lowest BCUT2D eigenvalue weighted by molar-refractivity contribution is 0.223. The van der Waals surface area contributed by atoms with E-state index in [0.29, 0.717) is 5.92 Å². The lowest BCUT2D eigenvalue weighted by atomic mass is 9.97. The van der Waals surface area contributed by atoms with Crippen LogP contribution in [-0.2, 0) is 0 Å². The Labute approximate surface area is 182 Å². The first kappa shape index (κ1) is 24.0. The Morgan fingerprint density at radius 1 is 1.22 bits per heavy atom. The highest BCUT2D eigenvalue weighted by molar-refractivity contribution is 14.0. The molecule has 1 aromatic carbocycles. The summed E-state index contributed by atoms with van der Waals surface area (Å²) in [4.78, 5) is 7.22. The molecule has 2 N–H and O–H groups in total. The SMILES string of the molecule is CCNC(=NCC1CCN(C)CC1)NCCC(C)c1ccc(OC)cc1.I. The van der Waals surface area contributed by atoms with E-state index in [1.807, 2.05) is 12.1 Å². The van der Waals surface area contributed by atoms with E-state index in [-0.39, 0.29) is 24.0 Å². The zero-order valence-electron chi connectivity index (χ0n) is 17.3. The predicted molar refractivity (Wildman–Crippen MR) is 126 cm³/mol. The van der Waals surface area contributed by atoms with Gasteiger partial charge in [0.25, 0.3) is 0 Å². The van der Waals surface area contributed by atoms with Crippen LogP contribution in [0.1, 0.15) is 44.6 Å². The number of halogens is 1. The molecule has 0 spiro atoms.